The van der Waals surface area contributed by atoms with E-state index in [0.29, 0.717) is 16.3 Å². The van der Waals surface area contributed by atoms with Gasteiger partial charge in [0.25, 0.3) is 0 Å². The van der Waals surface area contributed by atoms with Crippen LogP contribution in [0.15, 0.2) is 12.1 Å². The quantitative estimate of drug-likeness (QED) is 0.730. The van der Waals surface area contributed by atoms with Crippen LogP contribution in [0.4, 0.5) is 0 Å². The maximum Gasteiger partial charge on any atom is 0.164 e. The monoisotopic (exact) mass is 203 g/mol. The van der Waals surface area contributed by atoms with Gasteiger partial charge in [-0.25, -0.2) is 5.90 Å². The molecule has 0 aliphatic rings. The van der Waals surface area contributed by atoms with Gasteiger partial charge in [-0.3, -0.25) is 4.84 Å². The van der Waals surface area contributed by atoms with E-state index in [1.165, 1.54) is 7.11 Å². The zero-order chi connectivity index (χ0) is 9.84. The summed E-state index contributed by atoms with van der Waals surface area (Å²) in [4.78, 5) is 4.39. The first kappa shape index (κ1) is 10.1. The second-order valence-corrected chi connectivity index (χ2v) is 2.80. The number of hydrogen-bond donors (Lipinski definition) is 2. The summed E-state index contributed by atoms with van der Waals surface area (Å²) in [6.45, 7) is 0.0435. The largest absolute Gasteiger partial charge is 0.504 e. The van der Waals surface area contributed by atoms with Crippen molar-refractivity contribution >= 4 is 11.6 Å². The minimum absolute atomic E-state index is 0.0412. The van der Waals surface area contributed by atoms with Gasteiger partial charge < -0.3 is 9.84 Å². The van der Waals surface area contributed by atoms with Crippen LogP contribution in [0.3, 0.4) is 0 Å². The molecule has 0 aliphatic carbocycles. The molecule has 0 saturated heterocycles. The fraction of sp³-hybridized carbons (Fsp3) is 0.250. The zero-order valence-corrected chi connectivity index (χ0v) is 7.84. The van der Waals surface area contributed by atoms with E-state index < -0.39 is 0 Å². The van der Waals surface area contributed by atoms with E-state index in [2.05, 4.69) is 4.84 Å². The average Bonchev–Trinajstić information content (AvgIpc) is 2.12. The molecule has 0 radical (unpaired) electrons. The summed E-state index contributed by atoms with van der Waals surface area (Å²) < 4.78 is 4.88. The van der Waals surface area contributed by atoms with Crippen LogP contribution < -0.4 is 10.6 Å². The van der Waals surface area contributed by atoms with Crippen molar-refractivity contribution in [1.29, 1.82) is 0 Å². The van der Waals surface area contributed by atoms with Crippen molar-refractivity contribution in [1.82, 2.24) is 0 Å². The summed E-state index contributed by atoms with van der Waals surface area (Å²) in [5.74, 6) is 5.18. The normalized spacial score (nSPS) is 10.1. The van der Waals surface area contributed by atoms with E-state index in [1.54, 1.807) is 12.1 Å². The molecular formula is C8H10ClNO3. The Morgan fingerprint density at radius 2 is 2.23 bits per heavy atom. The first-order valence-corrected chi connectivity index (χ1v) is 3.94. The van der Waals surface area contributed by atoms with Gasteiger partial charge in [-0.2, -0.15) is 0 Å². The van der Waals surface area contributed by atoms with Crippen molar-refractivity contribution in [2.45, 2.75) is 6.61 Å². The van der Waals surface area contributed by atoms with Crippen LogP contribution in [0.2, 0.25) is 5.02 Å². The van der Waals surface area contributed by atoms with E-state index in [9.17, 15) is 5.11 Å². The summed E-state index contributed by atoms with van der Waals surface area (Å²) in [5.41, 5.74) is 0.420. The Kier molecular flexibility index (Phi) is 3.36. The lowest BCUT2D eigenvalue weighted by Gasteiger charge is -2.09. The lowest BCUT2D eigenvalue weighted by molar-refractivity contribution is 0.122. The predicted octanol–water partition coefficient (Wildman–Crippen LogP) is 1.44. The molecule has 5 heteroatoms. The van der Waals surface area contributed by atoms with Crippen LogP contribution >= 0.6 is 11.6 Å². The third-order valence-electron chi connectivity index (χ3n) is 1.64. The fourth-order valence-electron chi connectivity index (χ4n) is 0.976. The molecule has 0 atom stereocenters. The van der Waals surface area contributed by atoms with Crippen LogP contribution in [0.1, 0.15) is 5.56 Å². The summed E-state index contributed by atoms with van der Waals surface area (Å²) in [6, 6.07) is 3.17. The maximum atomic E-state index is 9.56. The predicted molar refractivity (Wildman–Crippen MR) is 48.6 cm³/mol. The highest BCUT2D eigenvalue weighted by Gasteiger charge is 2.11. The lowest BCUT2D eigenvalue weighted by Crippen LogP contribution is -2.00. The molecule has 0 unspecified atom stereocenters. The minimum Gasteiger partial charge on any atom is -0.504 e. The Morgan fingerprint density at radius 3 is 2.77 bits per heavy atom. The van der Waals surface area contributed by atoms with Gasteiger partial charge in [-0.1, -0.05) is 11.6 Å². The van der Waals surface area contributed by atoms with Gasteiger partial charge in [0.05, 0.1) is 18.7 Å². The Labute approximate surface area is 80.8 Å². The summed E-state index contributed by atoms with van der Waals surface area (Å²) in [7, 11) is 1.45. The molecule has 1 aromatic carbocycles. The molecule has 4 nitrogen and oxygen atoms in total. The molecule has 0 bridgehead atoms. The molecule has 1 rings (SSSR count). The summed E-state index contributed by atoms with van der Waals surface area (Å²) >= 11 is 5.79. The van der Waals surface area contributed by atoms with E-state index >= 15 is 0 Å². The standard InChI is InChI=1S/C8H10ClNO3/c1-12-7-3-2-6(9)5(4-13-10)8(7)11/h2-3,11H,4,10H2,1H3. The van der Waals surface area contributed by atoms with Gasteiger partial charge in [0.2, 0.25) is 0 Å². The van der Waals surface area contributed by atoms with Gasteiger partial charge >= 0.3 is 0 Å². The highest BCUT2D eigenvalue weighted by molar-refractivity contribution is 6.31. The highest BCUT2D eigenvalue weighted by Crippen LogP contribution is 2.34. The highest BCUT2D eigenvalue weighted by atomic mass is 35.5. The zero-order valence-electron chi connectivity index (χ0n) is 7.08. The molecule has 0 amide bonds. The Balaban J connectivity index is 3.13. The Hall–Kier alpha value is -0.970. The number of aromatic hydroxyl groups is 1. The lowest BCUT2D eigenvalue weighted by atomic mass is 10.2. The summed E-state index contributed by atoms with van der Waals surface area (Å²) in [5, 5.41) is 9.95. The molecule has 0 fully saturated rings. The van der Waals surface area contributed by atoms with Gasteiger partial charge in [-0.15, -0.1) is 0 Å². The average molecular weight is 204 g/mol. The van der Waals surface area contributed by atoms with Crippen molar-refractivity contribution in [3.8, 4) is 11.5 Å². The number of nitrogens with two attached hydrogens (primary N) is 1. The van der Waals surface area contributed by atoms with Crippen molar-refractivity contribution in [2.75, 3.05) is 7.11 Å². The minimum atomic E-state index is -0.0412. The van der Waals surface area contributed by atoms with Crippen molar-refractivity contribution in [2.24, 2.45) is 5.90 Å². The fourth-order valence-corrected chi connectivity index (χ4v) is 1.18. The third kappa shape index (κ3) is 2.03. The Bertz CT molecular complexity index is 304. The number of halogens is 1. The summed E-state index contributed by atoms with van der Waals surface area (Å²) in [6.07, 6.45) is 0. The van der Waals surface area contributed by atoms with Crippen LogP contribution in [-0.2, 0) is 11.4 Å². The smallest absolute Gasteiger partial charge is 0.164 e. The van der Waals surface area contributed by atoms with E-state index in [4.69, 9.17) is 22.2 Å². The molecule has 13 heavy (non-hydrogen) atoms. The van der Waals surface area contributed by atoms with Crippen molar-refractivity contribution < 1.29 is 14.7 Å². The van der Waals surface area contributed by atoms with E-state index in [1.807, 2.05) is 0 Å². The van der Waals surface area contributed by atoms with Crippen molar-refractivity contribution in [3.05, 3.63) is 22.7 Å². The number of benzene rings is 1. The van der Waals surface area contributed by atoms with Gasteiger partial charge in [0, 0.05) is 5.56 Å². The molecule has 0 heterocycles. The molecule has 3 N–H and O–H groups in total. The van der Waals surface area contributed by atoms with Gasteiger partial charge in [0.15, 0.2) is 11.5 Å². The first-order valence-electron chi connectivity index (χ1n) is 3.56. The second kappa shape index (κ2) is 4.32. The number of methoxy groups -OCH3 is 1. The first-order chi connectivity index (χ1) is 6.20. The number of rotatable bonds is 3. The van der Waals surface area contributed by atoms with Crippen LogP contribution in [-0.4, -0.2) is 12.2 Å². The van der Waals surface area contributed by atoms with Crippen molar-refractivity contribution in [3.63, 3.8) is 0 Å². The number of phenols is 1. The molecule has 0 saturated carbocycles. The molecule has 72 valence electrons. The third-order valence-corrected chi connectivity index (χ3v) is 1.99. The number of ether oxygens (including phenoxy) is 1. The van der Waals surface area contributed by atoms with Gasteiger partial charge in [0.1, 0.15) is 0 Å². The molecule has 0 aliphatic heterocycles. The van der Waals surface area contributed by atoms with Crippen LogP contribution in [0.25, 0.3) is 0 Å². The topological polar surface area (TPSA) is 64.7 Å². The van der Waals surface area contributed by atoms with E-state index in [-0.39, 0.29) is 12.4 Å². The second-order valence-electron chi connectivity index (χ2n) is 2.39. The number of phenolic OH excluding ortho intramolecular Hbond substituents is 1. The molecule has 1 aromatic rings. The maximum absolute atomic E-state index is 9.56. The Morgan fingerprint density at radius 1 is 1.54 bits per heavy atom. The van der Waals surface area contributed by atoms with Gasteiger partial charge in [-0.05, 0) is 12.1 Å². The number of hydrogen-bond acceptors (Lipinski definition) is 4. The van der Waals surface area contributed by atoms with E-state index in [0.717, 1.165) is 0 Å². The molecule has 0 spiro atoms. The SMILES string of the molecule is COc1ccc(Cl)c(CON)c1O. The van der Waals surface area contributed by atoms with Crippen LogP contribution in [0.5, 0.6) is 11.5 Å². The van der Waals surface area contributed by atoms with Crippen LogP contribution in [0, 0.1) is 0 Å². The molecule has 0 aromatic heterocycles. The molecular weight excluding hydrogens is 194 g/mol.